The minimum absolute atomic E-state index is 0.198. The molecule has 2 atom stereocenters. The average molecular weight is 246 g/mol. The van der Waals surface area contributed by atoms with Crippen molar-refractivity contribution in [3.05, 3.63) is 0 Å². The van der Waals surface area contributed by atoms with Crippen LogP contribution in [0.3, 0.4) is 0 Å². The van der Waals surface area contributed by atoms with Crippen LogP contribution in [0.2, 0.25) is 0 Å². The monoisotopic (exact) mass is 246 g/mol. The molecule has 0 aromatic rings. The number of hydrogen-bond donors (Lipinski definition) is 0. The van der Waals surface area contributed by atoms with Crippen LogP contribution < -0.4 is 0 Å². The molecule has 1 rings (SSSR count). The summed E-state index contributed by atoms with van der Waals surface area (Å²) in [5, 5.41) is 0. The molecule has 1 fully saturated rings. The minimum atomic E-state index is -3.39. The number of halogens is 5. The molecule has 0 amide bonds. The summed E-state index contributed by atoms with van der Waals surface area (Å²) in [6, 6.07) is 0. The topological polar surface area (TPSA) is 9.23 Å². The van der Waals surface area contributed by atoms with Crippen LogP contribution in [0.25, 0.3) is 0 Å². The summed E-state index contributed by atoms with van der Waals surface area (Å²) in [6.07, 6.45) is -12.3. The number of hydrogen-bond acceptors (Lipinski definition) is 1. The first-order valence-electron chi connectivity index (χ1n) is 5.33. The van der Waals surface area contributed by atoms with Gasteiger partial charge in [-0.25, -0.2) is 13.2 Å². The van der Waals surface area contributed by atoms with Gasteiger partial charge in [-0.2, -0.15) is 8.78 Å². The van der Waals surface area contributed by atoms with Crippen molar-refractivity contribution in [2.24, 2.45) is 0 Å². The van der Waals surface area contributed by atoms with Crippen molar-refractivity contribution in [3.63, 3.8) is 0 Å². The maximum atomic E-state index is 13.0. The van der Waals surface area contributed by atoms with Crippen molar-refractivity contribution in [1.82, 2.24) is 0 Å². The van der Waals surface area contributed by atoms with E-state index >= 15 is 0 Å². The molecule has 0 spiro atoms. The van der Waals surface area contributed by atoms with Crippen LogP contribution >= 0.6 is 0 Å². The molecule has 1 nitrogen and oxygen atoms in total. The predicted octanol–water partition coefficient (Wildman–Crippen LogP) is 3.57. The van der Waals surface area contributed by atoms with Gasteiger partial charge in [0.05, 0.1) is 6.10 Å². The summed E-state index contributed by atoms with van der Waals surface area (Å²) >= 11 is 0. The first-order valence-corrected chi connectivity index (χ1v) is 5.33. The summed E-state index contributed by atoms with van der Waals surface area (Å²) in [6.45, 7) is 1.55. The molecule has 96 valence electrons. The lowest BCUT2D eigenvalue weighted by Gasteiger charge is -2.32. The summed E-state index contributed by atoms with van der Waals surface area (Å²) in [7, 11) is 0. The van der Waals surface area contributed by atoms with Crippen LogP contribution in [0.15, 0.2) is 0 Å². The highest BCUT2D eigenvalue weighted by atomic mass is 19.3. The molecule has 16 heavy (non-hydrogen) atoms. The molecule has 1 saturated carbocycles. The van der Waals surface area contributed by atoms with Gasteiger partial charge < -0.3 is 4.74 Å². The highest BCUT2D eigenvalue weighted by Crippen LogP contribution is 2.33. The van der Waals surface area contributed by atoms with Gasteiger partial charge in [-0.1, -0.05) is 6.92 Å². The Hall–Kier alpha value is -0.390. The Kier molecular flexibility index (Phi) is 4.52. The first-order chi connectivity index (χ1) is 7.35. The van der Waals surface area contributed by atoms with Crippen molar-refractivity contribution >= 4 is 0 Å². The number of alkyl halides is 5. The van der Waals surface area contributed by atoms with Crippen molar-refractivity contribution in [2.45, 2.75) is 63.3 Å². The van der Waals surface area contributed by atoms with Crippen molar-refractivity contribution in [3.8, 4) is 0 Å². The Labute approximate surface area is 91.0 Å². The lowest BCUT2D eigenvalue weighted by atomic mass is 9.92. The molecule has 1 aliphatic carbocycles. The van der Waals surface area contributed by atoms with Gasteiger partial charge in [0, 0.05) is 19.3 Å². The summed E-state index contributed by atoms with van der Waals surface area (Å²) in [5.74, 6) is 0. The predicted molar refractivity (Wildman–Crippen MR) is 48.7 cm³/mol. The van der Waals surface area contributed by atoms with E-state index in [2.05, 4.69) is 4.74 Å². The standard InChI is InChI=1S/C10H15F5O/c1-2-3-10(14,15)16-6-4-7(11)9(13)8(12)5-6/h6-9H,2-5H2,1H3. The fraction of sp³-hybridized carbons (Fsp3) is 1.00. The van der Waals surface area contributed by atoms with Crippen LogP contribution in [-0.2, 0) is 4.74 Å². The van der Waals surface area contributed by atoms with E-state index in [4.69, 9.17) is 0 Å². The third-order valence-electron chi connectivity index (χ3n) is 2.55. The summed E-state index contributed by atoms with van der Waals surface area (Å²) in [5.41, 5.74) is 0. The van der Waals surface area contributed by atoms with Gasteiger partial charge in [0.1, 0.15) is 12.3 Å². The average Bonchev–Trinajstić information content (AvgIpc) is 2.13. The molecule has 0 N–H and O–H groups in total. The lowest BCUT2D eigenvalue weighted by Crippen LogP contribution is -2.43. The second kappa shape index (κ2) is 5.29. The molecular formula is C10H15F5O. The van der Waals surface area contributed by atoms with Gasteiger partial charge in [-0.3, -0.25) is 0 Å². The fourth-order valence-electron chi connectivity index (χ4n) is 1.78. The quantitative estimate of drug-likeness (QED) is 0.689. The van der Waals surface area contributed by atoms with E-state index in [0.29, 0.717) is 0 Å². The second-order valence-electron chi connectivity index (χ2n) is 4.08. The highest BCUT2D eigenvalue weighted by molar-refractivity contribution is 4.87. The Morgan fingerprint density at radius 2 is 1.62 bits per heavy atom. The van der Waals surface area contributed by atoms with Crippen molar-refractivity contribution in [2.75, 3.05) is 0 Å². The van der Waals surface area contributed by atoms with Crippen LogP contribution in [-0.4, -0.2) is 30.7 Å². The third kappa shape index (κ3) is 3.57. The minimum Gasteiger partial charge on any atom is -0.317 e. The van der Waals surface area contributed by atoms with E-state index in [-0.39, 0.29) is 6.42 Å². The molecule has 6 heteroatoms. The van der Waals surface area contributed by atoms with Gasteiger partial charge in [0.25, 0.3) is 0 Å². The van der Waals surface area contributed by atoms with Crippen LogP contribution in [0.1, 0.15) is 32.6 Å². The van der Waals surface area contributed by atoms with Gasteiger partial charge >= 0.3 is 6.11 Å². The Bertz CT molecular complexity index is 211. The maximum absolute atomic E-state index is 13.0. The maximum Gasteiger partial charge on any atom is 0.355 e. The van der Waals surface area contributed by atoms with Gasteiger partial charge in [0.2, 0.25) is 0 Å². The molecule has 0 saturated heterocycles. The molecular weight excluding hydrogens is 231 g/mol. The number of rotatable bonds is 4. The smallest absolute Gasteiger partial charge is 0.317 e. The molecule has 0 aromatic heterocycles. The Morgan fingerprint density at radius 1 is 1.12 bits per heavy atom. The summed E-state index contributed by atoms with van der Waals surface area (Å²) in [4.78, 5) is 0. The first kappa shape index (κ1) is 13.7. The third-order valence-corrected chi connectivity index (χ3v) is 2.55. The van der Waals surface area contributed by atoms with E-state index in [9.17, 15) is 22.0 Å². The van der Waals surface area contributed by atoms with Crippen molar-refractivity contribution < 1.29 is 26.7 Å². The Morgan fingerprint density at radius 3 is 2.06 bits per heavy atom. The summed E-state index contributed by atoms with van der Waals surface area (Å²) < 4.78 is 68.9. The number of ether oxygens (including phenoxy) is 1. The van der Waals surface area contributed by atoms with Gasteiger partial charge in [-0.15, -0.1) is 0 Å². The van der Waals surface area contributed by atoms with Crippen LogP contribution in [0, 0.1) is 0 Å². The van der Waals surface area contributed by atoms with Crippen molar-refractivity contribution in [1.29, 1.82) is 0 Å². The molecule has 0 aromatic carbocycles. The normalized spacial score (nSPS) is 36.4. The SMILES string of the molecule is CCCC(F)(F)OC1CC(F)C(F)C(F)C1. The molecule has 0 radical (unpaired) electrons. The largest absolute Gasteiger partial charge is 0.355 e. The van der Waals surface area contributed by atoms with E-state index in [0.717, 1.165) is 0 Å². The molecule has 0 heterocycles. The zero-order valence-electron chi connectivity index (χ0n) is 8.94. The van der Waals surface area contributed by atoms with Gasteiger partial charge in [0.15, 0.2) is 6.17 Å². The van der Waals surface area contributed by atoms with E-state index in [1.54, 1.807) is 6.92 Å². The highest BCUT2D eigenvalue weighted by Gasteiger charge is 2.43. The van der Waals surface area contributed by atoms with E-state index in [1.165, 1.54) is 0 Å². The lowest BCUT2D eigenvalue weighted by molar-refractivity contribution is -0.276. The Balaban J connectivity index is 2.50. The molecule has 2 unspecified atom stereocenters. The van der Waals surface area contributed by atoms with Crippen LogP contribution in [0.5, 0.6) is 0 Å². The zero-order chi connectivity index (χ0) is 12.3. The van der Waals surface area contributed by atoms with Gasteiger partial charge in [-0.05, 0) is 6.42 Å². The molecule has 1 aliphatic rings. The second-order valence-corrected chi connectivity index (χ2v) is 4.08. The zero-order valence-corrected chi connectivity index (χ0v) is 8.94. The van der Waals surface area contributed by atoms with E-state index in [1.807, 2.05) is 0 Å². The molecule has 0 aliphatic heterocycles. The molecule has 0 bridgehead atoms. The van der Waals surface area contributed by atoms with E-state index < -0.39 is 50.0 Å². The van der Waals surface area contributed by atoms with Crippen LogP contribution in [0.4, 0.5) is 22.0 Å². The fourth-order valence-corrected chi connectivity index (χ4v) is 1.78.